The molecule has 0 aromatic heterocycles. The van der Waals surface area contributed by atoms with Crippen LogP contribution in [0, 0.1) is 0 Å². The number of nitrogens with zero attached hydrogens (tertiary/aromatic N) is 1. The number of hydrogen-bond acceptors (Lipinski definition) is 2. The van der Waals surface area contributed by atoms with Gasteiger partial charge in [-0.05, 0) is 49.9 Å². The zero-order valence-electron chi connectivity index (χ0n) is 10.00. The van der Waals surface area contributed by atoms with Crippen molar-refractivity contribution in [3.8, 4) is 0 Å². The van der Waals surface area contributed by atoms with E-state index in [0.717, 1.165) is 31.6 Å². The molecule has 0 atom stereocenters. The number of rotatable bonds is 3. The van der Waals surface area contributed by atoms with Crippen molar-refractivity contribution in [2.75, 3.05) is 23.7 Å². The van der Waals surface area contributed by atoms with Crippen molar-refractivity contribution >= 4 is 11.4 Å². The van der Waals surface area contributed by atoms with Crippen molar-refractivity contribution in [2.45, 2.75) is 26.2 Å². The minimum atomic E-state index is 0.875. The van der Waals surface area contributed by atoms with Gasteiger partial charge in [-0.25, -0.2) is 0 Å². The number of nitrogens with two attached hydrogens (primary N) is 1. The first-order valence-corrected chi connectivity index (χ1v) is 5.94. The van der Waals surface area contributed by atoms with Crippen molar-refractivity contribution in [3.63, 3.8) is 0 Å². The molecule has 1 aliphatic heterocycles. The van der Waals surface area contributed by atoms with Crippen LogP contribution in [0.25, 0.3) is 0 Å². The van der Waals surface area contributed by atoms with Crippen LogP contribution in [0.5, 0.6) is 0 Å². The lowest BCUT2D eigenvalue weighted by Crippen LogP contribution is -2.30. The Labute approximate surface area is 97.8 Å². The second-order valence-corrected chi connectivity index (χ2v) is 4.69. The Kier molecular flexibility index (Phi) is 3.18. The molecule has 1 aliphatic rings. The van der Waals surface area contributed by atoms with E-state index in [2.05, 4.69) is 30.5 Å². The maximum atomic E-state index is 5.82. The van der Waals surface area contributed by atoms with E-state index in [9.17, 15) is 0 Å². The van der Waals surface area contributed by atoms with Crippen LogP contribution in [-0.2, 0) is 6.42 Å². The van der Waals surface area contributed by atoms with Crippen molar-refractivity contribution < 1.29 is 0 Å². The largest absolute Gasteiger partial charge is 0.399 e. The molecule has 0 radical (unpaired) electrons. The van der Waals surface area contributed by atoms with E-state index >= 15 is 0 Å². The van der Waals surface area contributed by atoms with Gasteiger partial charge in [0.15, 0.2) is 0 Å². The highest BCUT2D eigenvalue weighted by Crippen LogP contribution is 2.29. The molecule has 2 N–H and O–H groups in total. The maximum Gasteiger partial charge on any atom is 0.0400 e. The number of nitrogen functional groups attached to an aromatic ring is 1. The molecule has 0 spiro atoms. The lowest BCUT2D eigenvalue weighted by Gasteiger charge is -2.31. The van der Waals surface area contributed by atoms with Crippen molar-refractivity contribution in [3.05, 3.63) is 35.9 Å². The fourth-order valence-corrected chi connectivity index (χ4v) is 2.25. The average Bonchev–Trinajstić information content (AvgIpc) is 2.25. The van der Waals surface area contributed by atoms with E-state index in [0.29, 0.717) is 0 Å². The van der Waals surface area contributed by atoms with Gasteiger partial charge < -0.3 is 10.6 Å². The second kappa shape index (κ2) is 4.60. The molecule has 1 heterocycles. The third-order valence-electron chi connectivity index (χ3n) is 3.13. The molecule has 1 aromatic rings. The lowest BCUT2D eigenvalue weighted by atomic mass is 10.0. The Hall–Kier alpha value is -1.44. The summed E-state index contributed by atoms with van der Waals surface area (Å²) in [5.41, 5.74) is 10.7. The molecular formula is C14H20N2. The van der Waals surface area contributed by atoms with Gasteiger partial charge in [-0.3, -0.25) is 0 Å². The second-order valence-electron chi connectivity index (χ2n) is 4.69. The van der Waals surface area contributed by atoms with Crippen molar-refractivity contribution in [1.82, 2.24) is 0 Å². The number of aryl methyl sites for hydroxylation is 1. The molecule has 16 heavy (non-hydrogen) atoms. The minimum absolute atomic E-state index is 0.875. The first kappa shape index (κ1) is 11.1. The summed E-state index contributed by atoms with van der Waals surface area (Å²) in [6, 6.07) is 6.27. The smallest absolute Gasteiger partial charge is 0.0400 e. The van der Waals surface area contributed by atoms with Gasteiger partial charge in [-0.15, -0.1) is 6.58 Å². The molecule has 2 heteroatoms. The number of anilines is 2. The van der Waals surface area contributed by atoms with Gasteiger partial charge in [0.25, 0.3) is 0 Å². The van der Waals surface area contributed by atoms with E-state index in [1.165, 1.54) is 23.2 Å². The highest BCUT2D eigenvalue weighted by atomic mass is 15.1. The van der Waals surface area contributed by atoms with Crippen LogP contribution in [0.4, 0.5) is 11.4 Å². The van der Waals surface area contributed by atoms with E-state index in [1.54, 1.807) is 0 Å². The first-order valence-electron chi connectivity index (χ1n) is 5.94. The monoisotopic (exact) mass is 216 g/mol. The molecule has 2 rings (SSSR count). The topological polar surface area (TPSA) is 29.3 Å². The molecule has 0 fully saturated rings. The van der Waals surface area contributed by atoms with Crippen LogP contribution < -0.4 is 10.6 Å². The quantitative estimate of drug-likeness (QED) is 0.621. The summed E-state index contributed by atoms with van der Waals surface area (Å²) in [6.07, 6.45) is 3.46. The van der Waals surface area contributed by atoms with Crippen molar-refractivity contribution in [2.24, 2.45) is 0 Å². The zero-order valence-corrected chi connectivity index (χ0v) is 10.00. The maximum absolute atomic E-state index is 5.82. The summed E-state index contributed by atoms with van der Waals surface area (Å²) in [7, 11) is 0. The Morgan fingerprint density at radius 2 is 2.31 bits per heavy atom. The molecule has 0 bridgehead atoms. The lowest BCUT2D eigenvalue weighted by molar-refractivity contribution is 0.687. The fourth-order valence-electron chi connectivity index (χ4n) is 2.25. The summed E-state index contributed by atoms with van der Waals surface area (Å²) in [5, 5.41) is 0. The Balaban J connectivity index is 2.16. The molecule has 2 nitrogen and oxygen atoms in total. The van der Waals surface area contributed by atoms with Gasteiger partial charge in [0.05, 0.1) is 0 Å². The van der Waals surface area contributed by atoms with Crippen LogP contribution in [0.2, 0.25) is 0 Å². The summed E-state index contributed by atoms with van der Waals surface area (Å²) in [6.45, 7) is 8.29. The Morgan fingerprint density at radius 3 is 3.06 bits per heavy atom. The van der Waals surface area contributed by atoms with Gasteiger partial charge in [0.2, 0.25) is 0 Å². The zero-order chi connectivity index (χ0) is 11.5. The van der Waals surface area contributed by atoms with Gasteiger partial charge in [-0.1, -0.05) is 5.57 Å². The predicted molar refractivity (Wildman–Crippen MR) is 70.8 cm³/mol. The summed E-state index contributed by atoms with van der Waals surface area (Å²) < 4.78 is 0. The van der Waals surface area contributed by atoms with Gasteiger partial charge in [-0.2, -0.15) is 0 Å². The summed E-state index contributed by atoms with van der Waals surface area (Å²) >= 11 is 0. The molecule has 0 amide bonds. The highest BCUT2D eigenvalue weighted by Gasteiger charge is 2.16. The summed E-state index contributed by atoms with van der Waals surface area (Å²) in [5.74, 6) is 0. The van der Waals surface area contributed by atoms with E-state index < -0.39 is 0 Å². The predicted octanol–water partition coefficient (Wildman–Crippen LogP) is 2.99. The van der Waals surface area contributed by atoms with Gasteiger partial charge in [0.1, 0.15) is 0 Å². The first-order chi connectivity index (χ1) is 7.66. The van der Waals surface area contributed by atoms with Crippen LogP contribution in [0.15, 0.2) is 30.4 Å². The van der Waals surface area contributed by atoms with E-state index in [1.807, 2.05) is 6.07 Å². The normalized spacial score (nSPS) is 14.7. The molecular weight excluding hydrogens is 196 g/mol. The van der Waals surface area contributed by atoms with E-state index in [4.69, 9.17) is 5.73 Å². The third kappa shape index (κ3) is 2.38. The average molecular weight is 216 g/mol. The molecule has 0 aliphatic carbocycles. The standard InChI is InChI=1S/C14H20N2/c1-11(2)7-9-16-8-3-4-12-10-13(15)5-6-14(12)16/h5-6,10H,1,3-4,7-9,15H2,2H3. The minimum Gasteiger partial charge on any atom is -0.399 e. The molecule has 1 aromatic carbocycles. The third-order valence-corrected chi connectivity index (χ3v) is 3.13. The number of fused-ring (bicyclic) bond motifs is 1. The molecule has 0 saturated heterocycles. The van der Waals surface area contributed by atoms with Crippen LogP contribution in [-0.4, -0.2) is 13.1 Å². The van der Waals surface area contributed by atoms with Gasteiger partial charge in [0, 0.05) is 24.5 Å². The van der Waals surface area contributed by atoms with Gasteiger partial charge >= 0.3 is 0 Å². The van der Waals surface area contributed by atoms with Crippen molar-refractivity contribution in [1.29, 1.82) is 0 Å². The Morgan fingerprint density at radius 1 is 1.50 bits per heavy atom. The molecule has 0 unspecified atom stereocenters. The van der Waals surface area contributed by atoms with Crippen LogP contribution in [0.1, 0.15) is 25.3 Å². The number of benzene rings is 1. The van der Waals surface area contributed by atoms with Crippen LogP contribution in [0.3, 0.4) is 0 Å². The molecule has 86 valence electrons. The number of hydrogen-bond donors (Lipinski definition) is 1. The molecule has 0 saturated carbocycles. The SMILES string of the molecule is C=C(C)CCN1CCCc2cc(N)ccc21. The Bertz CT molecular complexity index is 396. The fraction of sp³-hybridized carbons (Fsp3) is 0.429. The van der Waals surface area contributed by atoms with Crippen LogP contribution >= 0.6 is 0 Å². The summed E-state index contributed by atoms with van der Waals surface area (Å²) in [4.78, 5) is 2.45. The van der Waals surface area contributed by atoms with E-state index in [-0.39, 0.29) is 0 Å². The highest BCUT2D eigenvalue weighted by molar-refractivity contribution is 5.61.